The largest absolute Gasteiger partial charge is 0.399 e. The molecule has 0 heterocycles. The Hall–Kier alpha value is -5.10. The maximum atomic E-state index is 6.56. The first-order chi connectivity index (χ1) is 20.2. The first-order valence-electron chi connectivity index (χ1n) is 14.1. The van der Waals surface area contributed by atoms with Crippen molar-refractivity contribution in [1.29, 1.82) is 0 Å². The van der Waals surface area contributed by atoms with Gasteiger partial charge in [0.1, 0.15) is 0 Å². The van der Waals surface area contributed by atoms with E-state index in [1.54, 1.807) is 0 Å². The molecule has 0 radical (unpaired) electrons. The zero-order valence-corrected chi connectivity index (χ0v) is 23.7. The van der Waals surface area contributed by atoms with Crippen LogP contribution in [0.4, 0.5) is 0 Å². The molecule has 4 aromatic rings. The molecule has 0 aromatic heterocycles. The molecule has 2 N–H and O–H groups in total. The highest BCUT2D eigenvalue weighted by molar-refractivity contribution is 6.10. The third-order valence-corrected chi connectivity index (χ3v) is 7.32. The molecule has 0 fully saturated rings. The van der Waals surface area contributed by atoms with E-state index in [-0.39, 0.29) is 0 Å². The summed E-state index contributed by atoms with van der Waals surface area (Å²) < 4.78 is 0. The Bertz CT molecular complexity index is 1720. The predicted octanol–water partition coefficient (Wildman–Crippen LogP) is 10.4. The summed E-state index contributed by atoms with van der Waals surface area (Å²) in [6, 6.07) is 36.8. The monoisotopic (exact) mass is 529 g/mol. The van der Waals surface area contributed by atoms with Gasteiger partial charge in [-0.05, 0) is 88.1 Å². The van der Waals surface area contributed by atoms with Gasteiger partial charge in [-0.3, -0.25) is 0 Å². The lowest BCUT2D eigenvalue weighted by atomic mass is 9.84. The second kappa shape index (κ2) is 13.3. The van der Waals surface area contributed by atoms with Gasteiger partial charge < -0.3 is 5.73 Å². The SMILES string of the molecule is C/C=C\C=C=C/C=C/c1ccc(-c2ccccc2C2=CCC=C(N)C(C)=C2c2ccc(-c3ccccc3)cc2)cc1. The van der Waals surface area contributed by atoms with Crippen LogP contribution in [0, 0.1) is 0 Å². The van der Waals surface area contributed by atoms with E-state index in [1.165, 1.54) is 44.5 Å². The molecule has 0 atom stereocenters. The molecular formula is C40H35N. The fraction of sp³-hybridized carbons (Fsp3) is 0.0750. The molecule has 0 unspecified atom stereocenters. The van der Waals surface area contributed by atoms with Crippen molar-refractivity contribution in [2.75, 3.05) is 0 Å². The summed E-state index contributed by atoms with van der Waals surface area (Å²) in [4.78, 5) is 0. The number of benzene rings is 4. The van der Waals surface area contributed by atoms with Crippen molar-refractivity contribution in [1.82, 2.24) is 0 Å². The Kier molecular flexibility index (Phi) is 8.91. The zero-order valence-electron chi connectivity index (χ0n) is 23.7. The lowest BCUT2D eigenvalue weighted by Gasteiger charge is -2.19. The maximum absolute atomic E-state index is 6.56. The minimum Gasteiger partial charge on any atom is -0.399 e. The highest BCUT2D eigenvalue weighted by atomic mass is 14.6. The minimum absolute atomic E-state index is 0.790. The van der Waals surface area contributed by atoms with Gasteiger partial charge >= 0.3 is 0 Å². The van der Waals surface area contributed by atoms with E-state index in [2.05, 4.69) is 128 Å². The van der Waals surface area contributed by atoms with Crippen molar-refractivity contribution in [3.63, 3.8) is 0 Å². The second-order valence-corrected chi connectivity index (χ2v) is 10.0. The number of nitrogens with two attached hydrogens (primary N) is 1. The van der Waals surface area contributed by atoms with Crippen molar-refractivity contribution >= 4 is 17.2 Å². The van der Waals surface area contributed by atoms with Crippen molar-refractivity contribution in [2.45, 2.75) is 20.3 Å². The van der Waals surface area contributed by atoms with E-state index in [9.17, 15) is 0 Å². The van der Waals surface area contributed by atoms with Crippen LogP contribution in [-0.4, -0.2) is 0 Å². The lowest BCUT2D eigenvalue weighted by Crippen LogP contribution is -2.02. The van der Waals surface area contributed by atoms with Gasteiger partial charge in [-0.25, -0.2) is 0 Å². The van der Waals surface area contributed by atoms with Gasteiger partial charge in [0.15, 0.2) is 0 Å². The molecule has 1 aliphatic rings. The molecule has 0 aliphatic heterocycles. The third kappa shape index (κ3) is 6.56. The molecule has 41 heavy (non-hydrogen) atoms. The third-order valence-electron chi connectivity index (χ3n) is 7.32. The summed E-state index contributed by atoms with van der Waals surface area (Å²) in [6.07, 6.45) is 17.1. The molecule has 1 nitrogen and oxygen atoms in total. The fourth-order valence-electron chi connectivity index (χ4n) is 5.15. The van der Waals surface area contributed by atoms with Gasteiger partial charge in [-0.2, -0.15) is 0 Å². The molecule has 1 aliphatic carbocycles. The molecule has 4 aromatic carbocycles. The Morgan fingerprint density at radius 3 is 1.98 bits per heavy atom. The zero-order chi connectivity index (χ0) is 28.4. The molecule has 0 spiro atoms. The summed E-state index contributed by atoms with van der Waals surface area (Å²) in [5.41, 5.74) is 22.3. The van der Waals surface area contributed by atoms with Gasteiger partial charge in [0.25, 0.3) is 0 Å². The van der Waals surface area contributed by atoms with Crippen LogP contribution >= 0.6 is 0 Å². The van der Waals surface area contributed by atoms with E-state index < -0.39 is 0 Å². The Morgan fingerprint density at radius 1 is 0.634 bits per heavy atom. The van der Waals surface area contributed by atoms with Gasteiger partial charge in [-0.1, -0.05) is 140 Å². The van der Waals surface area contributed by atoms with Crippen LogP contribution in [0.3, 0.4) is 0 Å². The standard InChI is InChI=1S/C40H35N/c1-3-4-5-6-7-9-15-31-22-24-34(25-23-31)36-18-12-13-19-37(36)38-20-14-21-39(41)30(2)40(38)35-28-26-33(27-29-35)32-16-10-8-11-17-32/h3-5,7-13,15-29H,14,41H2,1-2H3/b4-3-,15-9+. The van der Waals surface area contributed by atoms with Crippen molar-refractivity contribution < 1.29 is 0 Å². The number of hydrogen-bond donors (Lipinski definition) is 1. The van der Waals surface area contributed by atoms with Crippen LogP contribution in [0.25, 0.3) is 39.5 Å². The first kappa shape index (κ1) is 27.5. The smallest absolute Gasteiger partial charge is 0.0312 e. The number of rotatable bonds is 7. The highest BCUT2D eigenvalue weighted by Gasteiger charge is 2.20. The van der Waals surface area contributed by atoms with E-state index in [1.807, 2.05) is 43.4 Å². The summed E-state index contributed by atoms with van der Waals surface area (Å²) in [5, 5.41) is 0. The van der Waals surface area contributed by atoms with E-state index in [0.717, 1.165) is 23.3 Å². The average molecular weight is 530 g/mol. The number of allylic oxidation sites excluding steroid dienone is 9. The topological polar surface area (TPSA) is 26.0 Å². The Morgan fingerprint density at radius 2 is 1.24 bits per heavy atom. The van der Waals surface area contributed by atoms with Crippen LogP contribution in [0.2, 0.25) is 0 Å². The number of hydrogen-bond acceptors (Lipinski definition) is 1. The van der Waals surface area contributed by atoms with E-state index in [4.69, 9.17) is 5.73 Å². The average Bonchev–Trinajstić information content (AvgIpc) is 3.17. The molecule has 0 saturated heterocycles. The Balaban J connectivity index is 1.51. The fourth-order valence-corrected chi connectivity index (χ4v) is 5.15. The normalized spacial score (nSPS) is 13.5. The maximum Gasteiger partial charge on any atom is 0.0312 e. The van der Waals surface area contributed by atoms with Crippen molar-refractivity contribution in [2.24, 2.45) is 5.73 Å². The minimum atomic E-state index is 0.790. The van der Waals surface area contributed by atoms with Crippen LogP contribution in [0.15, 0.2) is 163 Å². The van der Waals surface area contributed by atoms with Crippen LogP contribution in [0.1, 0.15) is 37.0 Å². The molecule has 5 rings (SSSR count). The van der Waals surface area contributed by atoms with Crippen molar-refractivity contribution in [3.05, 3.63) is 179 Å². The summed E-state index contributed by atoms with van der Waals surface area (Å²) in [7, 11) is 0. The van der Waals surface area contributed by atoms with Gasteiger partial charge in [0.2, 0.25) is 0 Å². The van der Waals surface area contributed by atoms with Crippen molar-refractivity contribution in [3.8, 4) is 22.3 Å². The summed E-state index contributed by atoms with van der Waals surface area (Å²) in [6.45, 7) is 4.13. The second-order valence-electron chi connectivity index (χ2n) is 10.0. The van der Waals surface area contributed by atoms with Gasteiger partial charge in [0.05, 0.1) is 0 Å². The van der Waals surface area contributed by atoms with Gasteiger partial charge in [-0.15, -0.1) is 5.73 Å². The van der Waals surface area contributed by atoms with Crippen LogP contribution in [0.5, 0.6) is 0 Å². The Labute approximate surface area is 244 Å². The molecule has 0 saturated carbocycles. The van der Waals surface area contributed by atoms with Gasteiger partial charge in [0, 0.05) is 5.70 Å². The van der Waals surface area contributed by atoms with E-state index in [0.29, 0.717) is 0 Å². The van der Waals surface area contributed by atoms with Crippen LogP contribution in [-0.2, 0) is 0 Å². The quantitative estimate of drug-likeness (QED) is 0.187. The molecular weight excluding hydrogens is 494 g/mol. The molecule has 1 heteroatoms. The van der Waals surface area contributed by atoms with E-state index >= 15 is 0 Å². The highest BCUT2D eigenvalue weighted by Crippen LogP contribution is 2.41. The van der Waals surface area contributed by atoms with Crippen LogP contribution < -0.4 is 5.73 Å². The predicted molar refractivity (Wildman–Crippen MR) is 178 cm³/mol. The molecule has 0 bridgehead atoms. The summed E-state index contributed by atoms with van der Waals surface area (Å²) in [5.74, 6) is 0. The molecule has 200 valence electrons. The summed E-state index contributed by atoms with van der Waals surface area (Å²) >= 11 is 0. The molecule has 0 amide bonds. The first-order valence-corrected chi connectivity index (χ1v) is 14.1. The lowest BCUT2D eigenvalue weighted by molar-refractivity contribution is 1.25.